The topological polar surface area (TPSA) is 46.8 Å². The Morgan fingerprint density at radius 1 is 1.14 bits per heavy atom. The number of rotatable bonds is 5. The first-order valence-electron chi connectivity index (χ1n) is 10.2. The quantitative estimate of drug-likeness (QED) is 0.577. The van der Waals surface area contributed by atoms with Gasteiger partial charge < -0.3 is 0 Å². The maximum Gasteiger partial charge on any atom is 0.172 e. The van der Waals surface area contributed by atoms with Gasteiger partial charge in [0.25, 0.3) is 0 Å². The molecule has 0 spiro atoms. The van der Waals surface area contributed by atoms with Crippen LogP contribution in [0.3, 0.4) is 0 Å². The molecule has 29 heavy (non-hydrogen) atoms. The number of halogens is 2. The van der Waals surface area contributed by atoms with Crippen molar-refractivity contribution in [2.24, 2.45) is 5.41 Å². The molecule has 1 saturated carbocycles. The Bertz CT molecular complexity index is 860. The summed E-state index contributed by atoms with van der Waals surface area (Å²) in [6, 6.07) is 5.53. The summed E-state index contributed by atoms with van der Waals surface area (Å²) in [6.45, 7) is 6.63. The summed E-state index contributed by atoms with van der Waals surface area (Å²) >= 11 is 12.4. The van der Waals surface area contributed by atoms with E-state index in [1.165, 1.54) is 19.3 Å². The van der Waals surface area contributed by atoms with E-state index in [9.17, 15) is 0 Å². The Morgan fingerprint density at radius 2 is 1.83 bits per heavy atom. The van der Waals surface area contributed by atoms with E-state index in [-0.39, 0.29) is 17.0 Å². The Labute approximate surface area is 184 Å². The fraction of sp³-hybridized carbons (Fsp3) is 0.591. The average Bonchev–Trinajstić information content (AvgIpc) is 3.12. The van der Waals surface area contributed by atoms with Gasteiger partial charge in [0.05, 0.1) is 11.6 Å². The smallest absolute Gasteiger partial charge is 0.172 e. The molecule has 1 aliphatic rings. The van der Waals surface area contributed by atoms with Crippen molar-refractivity contribution >= 4 is 29.3 Å². The SMILES string of the molecule is CN(C)C1(c2nnnn2C(/C=C/c2ccc(Cl)cc2Cl)C(C)(C)C)CCCCC1. The molecule has 3 rings (SSSR count). The Kier molecular flexibility index (Phi) is 6.71. The average molecular weight is 436 g/mol. The Morgan fingerprint density at radius 3 is 2.41 bits per heavy atom. The molecule has 1 aliphatic carbocycles. The molecule has 0 aliphatic heterocycles. The van der Waals surface area contributed by atoms with Gasteiger partial charge in [-0.3, -0.25) is 4.90 Å². The minimum atomic E-state index is -0.128. The summed E-state index contributed by atoms with van der Waals surface area (Å²) < 4.78 is 2.02. The van der Waals surface area contributed by atoms with Crippen molar-refractivity contribution in [2.75, 3.05) is 14.1 Å². The van der Waals surface area contributed by atoms with Crippen molar-refractivity contribution in [1.82, 2.24) is 25.1 Å². The standard InChI is InChI=1S/C22H31Cl2N5/c1-21(2,3)19(12-10-16-9-11-17(23)15-18(16)24)29-20(25-26-27-29)22(28(4)5)13-7-6-8-14-22/h9-12,15,19H,6-8,13-14H2,1-5H3/b12-10+. The van der Waals surface area contributed by atoms with Gasteiger partial charge in [0.2, 0.25) is 0 Å². The molecule has 0 bridgehead atoms. The van der Waals surface area contributed by atoms with Crippen molar-refractivity contribution in [3.8, 4) is 0 Å². The zero-order chi connectivity index (χ0) is 21.2. The molecular formula is C22H31Cl2N5. The molecule has 0 amide bonds. The summed E-state index contributed by atoms with van der Waals surface area (Å²) in [5.41, 5.74) is 0.721. The maximum absolute atomic E-state index is 6.38. The van der Waals surface area contributed by atoms with Crippen molar-refractivity contribution in [3.05, 3.63) is 45.7 Å². The van der Waals surface area contributed by atoms with Gasteiger partial charge in [-0.25, -0.2) is 4.68 Å². The van der Waals surface area contributed by atoms with Crippen LogP contribution in [0.2, 0.25) is 10.0 Å². The van der Waals surface area contributed by atoms with Gasteiger partial charge in [-0.15, -0.1) is 5.10 Å². The third-order valence-electron chi connectivity index (χ3n) is 6.02. The Hall–Kier alpha value is -1.43. The number of hydrogen-bond donors (Lipinski definition) is 0. The van der Waals surface area contributed by atoms with Gasteiger partial charge in [0.1, 0.15) is 0 Å². The molecule has 1 fully saturated rings. The zero-order valence-corrected chi connectivity index (χ0v) is 19.5. The summed E-state index contributed by atoms with van der Waals surface area (Å²) in [5.74, 6) is 0.953. The van der Waals surface area contributed by atoms with Crippen LogP contribution >= 0.6 is 23.2 Å². The zero-order valence-electron chi connectivity index (χ0n) is 18.0. The molecule has 7 heteroatoms. The highest BCUT2D eigenvalue weighted by Gasteiger charge is 2.42. The van der Waals surface area contributed by atoms with Crippen molar-refractivity contribution in [2.45, 2.75) is 64.5 Å². The lowest BCUT2D eigenvalue weighted by Gasteiger charge is -2.43. The highest BCUT2D eigenvalue weighted by Crippen LogP contribution is 2.42. The lowest BCUT2D eigenvalue weighted by Crippen LogP contribution is -2.46. The fourth-order valence-electron chi connectivity index (χ4n) is 4.26. The van der Waals surface area contributed by atoms with E-state index < -0.39 is 0 Å². The molecule has 1 heterocycles. The number of tetrazole rings is 1. The third kappa shape index (κ3) is 4.68. The molecule has 2 aromatic rings. The molecule has 1 aromatic carbocycles. The minimum absolute atomic E-state index is 0.0157. The lowest BCUT2D eigenvalue weighted by molar-refractivity contribution is 0.0783. The number of hydrogen-bond acceptors (Lipinski definition) is 4. The van der Waals surface area contributed by atoms with Crippen LogP contribution in [0.1, 0.15) is 70.3 Å². The van der Waals surface area contributed by atoms with Crippen molar-refractivity contribution in [1.29, 1.82) is 0 Å². The molecule has 0 saturated heterocycles. The van der Waals surface area contributed by atoms with Gasteiger partial charge in [0.15, 0.2) is 5.82 Å². The second-order valence-electron chi connectivity index (χ2n) is 9.27. The van der Waals surface area contributed by atoms with E-state index in [1.54, 1.807) is 6.07 Å². The largest absolute Gasteiger partial charge is 0.297 e. The fourth-order valence-corrected chi connectivity index (χ4v) is 4.73. The molecule has 1 atom stereocenters. The van der Waals surface area contributed by atoms with Crippen LogP contribution in [0.15, 0.2) is 24.3 Å². The lowest BCUT2D eigenvalue weighted by atomic mass is 9.79. The van der Waals surface area contributed by atoms with Crippen LogP contribution in [0.5, 0.6) is 0 Å². The van der Waals surface area contributed by atoms with Crippen molar-refractivity contribution in [3.63, 3.8) is 0 Å². The molecule has 5 nitrogen and oxygen atoms in total. The normalized spacial score (nSPS) is 18.5. The predicted molar refractivity (Wildman–Crippen MR) is 120 cm³/mol. The molecular weight excluding hydrogens is 405 g/mol. The second kappa shape index (κ2) is 8.75. The van der Waals surface area contributed by atoms with Crippen LogP contribution in [0.4, 0.5) is 0 Å². The molecule has 0 N–H and O–H groups in total. The van der Waals surface area contributed by atoms with Gasteiger partial charge in [-0.05, 0) is 60.5 Å². The van der Waals surface area contributed by atoms with Crippen molar-refractivity contribution < 1.29 is 0 Å². The van der Waals surface area contributed by atoms with Crippen LogP contribution in [0, 0.1) is 5.41 Å². The first kappa shape index (κ1) is 22.3. The van der Waals surface area contributed by atoms with Gasteiger partial charge >= 0.3 is 0 Å². The summed E-state index contributed by atoms with van der Waals surface area (Å²) in [7, 11) is 4.28. The number of aromatic nitrogens is 4. The maximum atomic E-state index is 6.38. The summed E-state index contributed by atoms with van der Waals surface area (Å²) in [6.07, 6.45) is 10.0. The molecule has 1 aromatic heterocycles. The predicted octanol–water partition coefficient (Wildman–Crippen LogP) is 6.00. The molecule has 1 unspecified atom stereocenters. The van der Waals surface area contributed by atoms with Gasteiger partial charge in [-0.2, -0.15) is 0 Å². The van der Waals surface area contributed by atoms with E-state index >= 15 is 0 Å². The van der Waals surface area contributed by atoms with E-state index in [1.807, 2.05) is 22.9 Å². The third-order valence-corrected chi connectivity index (χ3v) is 6.58. The second-order valence-corrected chi connectivity index (χ2v) is 10.1. The van der Waals surface area contributed by atoms with Gasteiger partial charge in [-0.1, -0.05) is 81.5 Å². The van der Waals surface area contributed by atoms with Crippen LogP contribution in [-0.2, 0) is 5.54 Å². The highest BCUT2D eigenvalue weighted by atomic mass is 35.5. The van der Waals surface area contributed by atoms with E-state index in [0.29, 0.717) is 10.0 Å². The van der Waals surface area contributed by atoms with E-state index in [2.05, 4.69) is 61.4 Å². The number of benzene rings is 1. The monoisotopic (exact) mass is 435 g/mol. The Balaban J connectivity index is 2.03. The minimum Gasteiger partial charge on any atom is -0.297 e. The first-order chi connectivity index (χ1) is 13.6. The molecule has 158 valence electrons. The van der Waals surface area contributed by atoms with Crippen LogP contribution in [-0.4, -0.2) is 39.2 Å². The summed E-state index contributed by atoms with van der Waals surface area (Å²) in [5, 5.41) is 14.4. The van der Waals surface area contributed by atoms with Crippen LogP contribution < -0.4 is 0 Å². The highest BCUT2D eigenvalue weighted by molar-refractivity contribution is 6.35. The van der Waals surface area contributed by atoms with Crippen LogP contribution in [0.25, 0.3) is 6.08 Å². The number of nitrogens with zero attached hydrogens (tertiary/aromatic N) is 5. The summed E-state index contributed by atoms with van der Waals surface area (Å²) in [4.78, 5) is 2.30. The molecule has 0 radical (unpaired) electrons. The van der Waals surface area contributed by atoms with E-state index in [0.717, 1.165) is 24.2 Å². The van der Waals surface area contributed by atoms with Gasteiger partial charge in [0, 0.05) is 10.0 Å². The van der Waals surface area contributed by atoms with E-state index in [4.69, 9.17) is 23.2 Å². The number of allylic oxidation sites excluding steroid dienone is 1. The first-order valence-corrected chi connectivity index (χ1v) is 11.0.